The Bertz CT molecular complexity index is 176. The zero-order valence-corrected chi connectivity index (χ0v) is 6.60. The zero-order chi connectivity index (χ0) is 8.10. The lowest BCUT2D eigenvalue weighted by Crippen LogP contribution is -2.46. The fraction of sp³-hybridized carbons (Fsp3) is 0.667. The van der Waals surface area contributed by atoms with Gasteiger partial charge in [0.2, 0.25) is 0 Å². The largest absolute Gasteiger partial charge is 0.315 e. The van der Waals surface area contributed by atoms with Gasteiger partial charge in [-0.05, 0) is 6.42 Å². The maximum absolute atomic E-state index is 11.2. The fourth-order valence-electron chi connectivity index (χ4n) is 1.09. The molecule has 11 heavy (non-hydrogen) atoms. The van der Waals surface area contributed by atoms with E-state index in [4.69, 9.17) is 6.42 Å². The summed E-state index contributed by atoms with van der Waals surface area (Å²) in [5.41, 5.74) is 0. The van der Waals surface area contributed by atoms with Crippen molar-refractivity contribution in [3.8, 4) is 12.3 Å². The van der Waals surface area contributed by atoms with Crippen molar-refractivity contribution in [3.05, 3.63) is 0 Å². The van der Waals surface area contributed by atoms with E-state index in [-0.39, 0.29) is 5.92 Å². The molecule has 1 aliphatic rings. The minimum atomic E-state index is 0.285. The summed E-state index contributed by atoms with van der Waals surface area (Å²) in [6.07, 6.45) is 7.31. The number of carbonyl (C=O) groups is 1. The highest BCUT2D eigenvalue weighted by atomic mass is 16.1. The average Bonchev–Trinajstić information content (AvgIpc) is 1.84. The summed E-state index contributed by atoms with van der Waals surface area (Å²) >= 11 is 0. The molecule has 1 fully saturated rings. The third-order valence-electron chi connectivity index (χ3n) is 1.98. The molecule has 2 heteroatoms. The van der Waals surface area contributed by atoms with Crippen molar-refractivity contribution in [2.24, 2.45) is 5.92 Å². The van der Waals surface area contributed by atoms with Gasteiger partial charge in [-0.15, -0.1) is 12.3 Å². The standard InChI is InChI=1S/C9H13NO/c1-2-3-4-5-9(11)8-6-10-7-8/h1,8,10H,3-7H2. The van der Waals surface area contributed by atoms with E-state index in [2.05, 4.69) is 11.2 Å². The van der Waals surface area contributed by atoms with Crippen LogP contribution in [0, 0.1) is 18.3 Å². The number of rotatable bonds is 4. The van der Waals surface area contributed by atoms with Crippen molar-refractivity contribution in [1.82, 2.24) is 5.32 Å². The molecule has 1 aliphatic heterocycles. The van der Waals surface area contributed by atoms with Crippen LogP contribution in [-0.2, 0) is 4.79 Å². The number of terminal acetylenes is 1. The lowest BCUT2D eigenvalue weighted by atomic mass is 9.94. The third-order valence-corrected chi connectivity index (χ3v) is 1.98. The van der Waals surface area contributed by atoms with Gasteiger partial charge in [0.1, 0.15) is 5.78 Å². The van der Waals surface area contributed by atoms with Crippen LogP contribution in [-0.4, -0.2) is 18.9 Å². The summed E-state index contributed by atoms with van der Waals surface area (Å²) in [5.74, 6) is 3.19. The number of nitrogens with one attached hydrogen (secondary N) is 1. The molecule has 60 valence electrons. The first kappa shape index (κ1) is 8.29. The van der Waals surface area contributed by atoms with Gasteiger partial charge >= 0.3 is 0 Å². The van der Waals surface area contributed by atoms with Gasteiger partial charge in [-0.1, -0.05) is 0 Å². The fourth-order valence-corrected chi connectivity index (χ4v) is 1.09. The van der Waals surface area contributed by atoms with Gasteiger partial charge in [-0.3, -0.25) is 4.79 Å². The molecule has 1 rings (SSSR count). The predicted octanol–water partition coefficient (Wildman–Crippen LogP) is 0.578. The normalized spacial score (nSPS) is 17.0. The number of Topliss-reactive ketones (excluding diaryl/α,β-unsaturated/α-hetero) is 1. The van der Waals surface area contributed by atoms with Crippen molar-refractivity contribution in [2.75, 3.05) is 13.1 Å². The number of hydrogen-bond acceptors (Lipinski definition) is 2. The Hall–Kier alpha value is -0.810. The number of ketones is 1. The van der Waals surface area contributed by atoms with Gasteiger partial charge in [0.15, 0.2) is 0 Å². The van der Waals surface area contributed by atoms with Crippen LogP contribution in [0.1, 0.15) is 19.3 Å². The number of unbranched alkanes of at least 4 members (excludes halogenated alkanes) is 1. The molecule has 0 aromatic carbocycles. The van der Waals surface area contributed by atoms with Crippen LogP contribution >= 0.6 is 0 Å². The molecule has 0 atom stereocenters. The Balaban J connectivity index is 2.06. The van der Waals surface area contributed by atoms with Crippen LogP contribution in [0.25, 0.3) is 0 Å². The van der Waals surface area contributed by atoms with E-state index in [0.29, 0.717) is 12.2 Å². The summed E-state index contributed by atoms with van der Waals surface area (Å²) in [5, 5.41) is 3.07. The summed E-state index contributed by atoms with van der Waals surface area (Å²) in [4.78, 5) is 11.2. The van der Waals surface area contributed by atoms with Gasteiger partial charge in [0.25, 0.3) is 0 Å². The van der Waals surface area contributed by atoms with Crippen LogP contribution in [0.5, 0.6) is 0 Å². The first-order valence-electron chi connectivity index (χ1n) is 4.01. The number of hydrogen-bond donors (Lipinski definition) is 1. The molecule has 1 saturated heterocycles. The van der Waals surface area contributed by atoms with Gasteiger partial charge in [-0.25, -0.2) is 0 Å². The monoisotopic (exact) mass is 151 g/mol. The summed E-state index contributed by atoms with van der Waals surface area (Å²) in [7, 11) is 0. The molecule has 1 heterocycles. The van der Waals surface area contributed by atoms with Gasteiger partial charge in [0, 0.05) is 31.8 Å². The van der Waals surface area contributed by atoms with E-state index in [1.54, 1.807) is 0 Å². The second kappa shape index (κ2) is 4.15. The van der Waals surface area contributed by atoms with Crippen molar-refractivity contribution in [3.63, 3.8) is 0 Å². The summed E-state index contributed by atoms with van der Waals surface area (Å²) in [6, 6.07) is 0. The zero-order valence-electron chi connectivity index (χ0n) is 6.60. The molecule has 0 spiro atoms. The van der Waals surface area contributed by atoms with Gasteiger partial charge in [-0.2, -0.15) is 0 Å². The third kappa shape index (κ3) is 2.36. The summed E-state index contributed by atoms with van der Waals surface area (Å²) < 4.78 is 0. The highest BCUT2D eigenvalue weighted by Crippen LogP contribution is 2.09. The Morgan fingerprint density at radius 3 is 2.82 bits per heavy atom. The van der Waals surface area contributed by atoms with Crippen LogP contribution < -0.4 is 5.32 Å². The molecule has 2 nitrogen and oxygen atoms in total. The molecule has 0 aromatic rings. The van der Waals surface area contributed by atoms with E-state index in [9.17, 15) is 4.79 Å². The maximum Gasteiger partial charge on any atom is 0.138 e. The molecule has 1 N–H and O–H groups in total. The Morgan fingerprint density at radius 1 is 1.64 bits per heavy atom. The maximum atomic E-state index is 11.2. The molecular formula is C9H13NO. The van der Waals surface area contributed by atoms with E-state index >= 15 is 0 Å². The van der Waals surface area contributed by atoms with E-state index in [1.165, 1.54) is 0 Å². The molecule has 0 aromatic heterocycles. The molecule has 0 saturated carbocycles. The van der Waals surface area contributed by atoms with Crippen molar-refractivity contribution >= 4 is 5.78 Å². The van der Waals surface area contributed by atoms with Gasteiger partial charge in [0.05, 0.1) is 0 Å². The number of carbonyl (C=O) groups excluding carboxylic acids is 1. The van der Waals surface area contributed by atoms with E-state index < -0.39 is 0 Å². The van der Waals surface area contributed by atoms with Crippen LogP contribution in [0.3, 0.4) is 0 Å². The van der Waals surface area contributed by atoms with Crippen LogP contribution in [0.4, 0.5) is 0 Å². The molecule has 0 aliphatic carbocycles. The summed E-state index contributed by atoms with van der Waals surface area (Å²) in [6.45, 7) is 1.74. The second-order valence-electron chi connectivity index (χ2n) is 2.88. The SMILES string of the molecule is C#CCCCC(=O)C1CNC1. The average molecular weight is 151 g/mol. The first-order chi connectivity index (χ1) is 5.34. The highest BCUT2D eigenvalue weighted by molar-refractivity contribution is 5.82. The first-order valence-corrected chi connectivity index (χ1v) is 4.01. The quantitative estimate of drug-likeness (QED) is 0.470. The molecule has 0 amide bonds. The molecule has 0 unspecified atom stereocenters. The van der Waals surface area contributed by atoms with Crippen LogP contribution in [0.2, 0.25) is 0 Å². The van der Waals surface area contributed by atoms with E-state index in [0.717, 1.165) is 25.9 Å². The lowest BCUT2D eigenvalue weighted by Gasteiger charge is -2.25. The Morgan fingerprint density at radius 2 is 2.36 bits per heavy atom. The molecule has 0 radical (unpaired) electrons. The lowest BCUT2D eigenvalue weighted by molar-refractivity contribution is -0.124. The minimum absolute atomic E-state index is 0.285. The topological polar surface area (TPSA) is 29.1 Å². The smallest absolute Gasteiger partial charge is 0.138 e. The second-order valence-corrected chi connectivity index (χ2v) is 2.88. The Kier molecular flexibility index (Phi) is 3.13. The van der Waals surface area contributed by atoms with Crippen molar-refractivity contribution < 1.29 is 4.79 Å². The van der Waals surface area contributed by atoms with Crippen molar-refractivity contribution in [2.45, 2.75) is 19.3 Å². The Labute approximate surface area is 67.4 Å². The minimum Gasteiger partial charge on any atom is -0.315 e. The highest BCUT2D eigenvalue weighted by Gasteiger charge is 2.23. The van der Waals surface area contributed by atoms with Gasteiger partial charge < -0.3 is 5.32 Å². The molecular weight excluding hydrogens is 138 g/mol. The molecule has 0 bridgehead atoms. The van der Waals surface area contributed by atoms with Crippen LogP contribution in [0.15, 0.2) is 0 Å². The van der Waals surface area contributed by atoms with Crippen molar-refractivity contribution in [1.29, 1.82) is 0 Å². The predicted molar refractivity (Wildman–Crippen MR) is 44.1 cm³/mol. The van der Waals surface area contributed by atoms with E-state index in [1.807, 2.05) is 0 Å².